The predicted octanol–water partition coefficient (Wildman–Crippen LogP) is 2.25. The highest BCUT2D eigenvalue weighted by atomic mass is 17.3. The monoisotopic (exact) mass is 460 g/mol. The van der Waals surface area contributed by atoms with Crippen LogP contribution in [0.3, 0.4) is 0 Å². The van der Waals surface area contributed by atoms with Crippen LogP contribution in [0.5, 0.6) is 0 Å². The maximum absolute atomic E-state index is 8.64. The van der Waals surface area contributed by atoms with Gasteiger partial charge in [-0.2, -0.15) is 0 Å². The molecule has 5 aliphatic rings. The van der Waals surface area contributed by atoms with Gasteiger partial charge in [0.25, 0.3) is 0 Å². The molecular weight excluding hydrogens is 420 g/mol. The number of fused-ring (bicyclic) bond motifs is 2. The average molecular weight is 461 g/mol. The molecule has 1 aliphatic carbocycles. The van der Waals surface area contributed by atoms with Crippen molar-refractivity contribution < 1.29 is 43.3 Å². The van der Waals surface area contributed by atoms with Crippen molar-refractivity contribution in [2.75, 3.05) is 52.9 Å². The fraction of sp³-hybridized carbons (Fsp3) is 1.00. The minimum atomic E-state index is -0.769. The average Bonchev–Trinajstić information content (AvgIpc) is 3.01. The number of aliphatic hydroxyl groups is 1. The van der Waals surface area contributed by atoms with E-state index in [1.165, 1.54) is 6.42 Å². The second-order valence-corrected chi connectivity index (χ2v) is 9.71. The quantitative estimate of drug-likeness (QED) is 0.348. The molecule has 9 heteroatoms. The van der Waals surface area contributed by atoms with Gasteiger partial charge < -0.3 is 33.5 Å². The zero-order valence-corrected chi connectivity index (χ0v) is 19.7. The van der Waals surface area contributed by atoms with Gasteiger partial charge in [0.15, 0.2) is 18.2 Å². The van der Waals surface area contributed by atoms with Gasteiger partial charge in [-0.3, -0.25) is 0 Å². The Labute approximate surface area is 190 Å². The molecule has 2 bridgehead atoms. The molecule has 8 atom stereocenters. The molecule has 0 unspecified atom stereocenters. The highest BCUT2D eigenvalue weighted by molar-refractivity contribution is 5.09. The molecule has 0 aromatic carbocycles. The number of aliphatic hydroxyl groups excluding tert-OH is 1. The summed E-state index contributed by atoms with van der Waals surface area (Å²) in [6, 6.07) is 0. The number of ether oxygens (including phenoxy) is 6. The molecule has 0 aromatic heterocycles. The van der Waals surface area contributed by atoms with Crippen molar-refractivity contribution in [3.8, 4) is 0 Å². The first-order valence-corrected chi connectivity index (χ1v) is 12.2. The Morgan fingerprint density at radius 3 is 2.25 bits per heavy atom. The zero-order valence-electron chi connectivity index (χ0n) is 19.7. The summed E-state index contributed by atoms with van der Waals surface area (Å²) < 4.78 is 35.0. The lowest BCUT2D eigenvalue weighted by atomic mass is 9.58. The van der Waals surface area contributed by atoms with Crippen LogP contribution in [0, 0.1) is 23.7 Å². The van der Waals surface area contributed by atoms with Gasteiger partial charge in [0, 0.05) is 18.3 Å². The first kappa shape index (κ1) is 24.8. The van der Waals surface area contributed by atoms with Gasteiger partial charge >= 0.3 is 0 Å². The van der Waals surface area contributed by atoms with E-state index in [1.54, 1.807) is 0 Å². The summed E-state index contributed by atoms with van der Waals surface area (Å²) in [5, 5.41) is 8.64. The summed E-state index contributed by atoms with van der Waals surface area (Å²) in [5.74, 6) is 0.563. The Morgan fingerprint density at radius 1 is 0.844 bits per heavy atom. The van der Waals surface area contributed by atoms with Crippen molar-refractivity contribution >= 4 is 0 Å². The Kier molecular flexibility index (Phi) is 8.45. The van der Waals surface area contributed by atoms with Gasteiger partial charge in [0.05, 0.1) is 52.9 Å². The van der Waals surface area contributed by atoms with E-state index in [-0.39, 0.29) is 24.7 Å². The molecule has 0 amide bonds. The van der Waals surface area contributed by atoms with E-state index in [1.807, 2.05) is 6.92 Å². The highest BCUT2D eigenvalue weighted by Gasteiger charge is 2.69. The molecule has 32 heavy (non-hydrogen) atoms. The molecule has 4 heterocycles. The van der Waals surface area contributed by atoms with Crippen LogP contribution in [0.15, 0.2) is 0 Å². The summed E-state index contributed by atoms with van der Waals surface area (Å²) >= 11 is 0. The van der Waals surface area contributed by atoms with E-state index in [0.717, 1.165) is 19.3 Å². The number of hydrogen-bond donors (Lipinski definition) is 1. The van der Waals surface area contributed by atoms with Gasteiger partial charge in [0.1, 0.15) is 0 Å². The zero-order chi connectivity index (χ0) is 22.6. The van der Waals surface area contributed by atoms with Crippen molar-refractivity contribution in [3.05, 3.63) is 0 Å². The SMILES string of the molecule is C[C@H]1[C@H](OCCOCCOCCOCCO)O[C@@H]2O[C@]3(C)CC[C@H]4[C@H](C)CC[C@@H]1[C@@]24OO3. The van der Waals surface area contributed by atoms with Crippen molar-refractivity contribution in [1.29, 1.82) is 0 Å². The summed E-state index contributed by atoms with van der Waals surface area (Å²) in [6.45, 7) is 9.65. The predicted molar refractivity (Wildman–Crippen MR) is 112 cm³/mol. The van der Waals surface area contributed by atoms with Gasteiger partial charge in [-0.25, -0.2) is 9.78 Å². The van der Waals surface area contributed by atoms with Crippen LogP contribution in [0.25, 0.3) is 0 Å². The number of hydrogen-bond acceptors (Lipinski definition) is 9. The second kappa shape index (κ2) is 10.9. The summed E-state index contributed by atoms with van der Waals surface area (Å²) in [6.07, 6.45) is 3.22. The molecule has 4 aliphatic heterocycles. The summed E-state index contributed by atoms with van der Waals surface area (Å²) in [5.41, 5.74) is -0.554. The van der Waals surface area contributed by atoms with Crippen LogP contribution >= 0.6 is 0 Å². The highest BCUT2D eigenvalue weighted by Crippen LogP contribution is 2.60. The van der Waals surface area contributed by atoms with Gasteiger partial charge in [0.2, 0.25) is 5.79 Å². The molecule has 0 radical (unpaired) electrons. The van der Waals surface area contributed by atoms with Gasteiger partial charge in [-0.05, 0) is 38.0 Å². The van der Waals surface area contributed by atoms with Crippen LogP contribution in [0.1, 0.15) is 46.5 Å². The molecule has 1 saturated carbocycles. The third-order valence-corrected chi connectivity index (χ3v) is 7.59. The largest absolute Gasteiger partial charge is 0.394 e. The maximum atomic E-state index is 8.64. The standard InChI is InChI=1S/C23H40O9/c1-16-4-5-19-17(2)20(28-15-14-27-13-12-26-11-10-25-9-8-24)29-21-23(19)18(16)6-7-22(3,30-21)31-32-23/h16-21,24H,4-15H2,1-3H3/t16-,17-,18+,19+,20-,21-,22+,23-/m1/s1. The molecule has 4 saturated heterocycles. The lowest BCUT2D eigenvalue weighted by Crippen LogP contribution is -2.70. The lowest BCUT2D eigenvalue weighted by Gasteiger charge is -2.60. The molecule has 9 nitrogen and oxygen atoms in total. The molecule has 186 valence electrons. The van der Waals surface area contributed by atoms with Crippen LogP contribution in [-0.4, -0.2) is 81.9 Å². The van der Waals surface area contributed by atoms with Crippen molar-refractivity contribution in [1.82, 2.24) is 0 Å². The van der Waals surface area contributed by atoms with E-state index in [4.69, 9.17) is 43.3 Å². The molecule has 1 spiro atoms. The first-order chi connectivity index (χ1) is 15.5. The fourth-order valence-corrected chi connectivity index (χ4v) is 5.89. The van der Waals surface area contributed by atoms with Crippen molar-refractivity contribution in [2.24, 2.45) is 23.7 Å². The second-order valence-electron chi connectivity index (χ2n) is 9.71. The molecule has 0 aromatic rings. The normalized spacial score (nSPS) is 43.1. The molecule has 5 fully saturated rings. The van der Waals surface area contributed by atoms with E-state index in [9.17, 15) is 0 Å². The van der Waals surface area contributed by atoms with Crippen LogP contribution in [0.2, 0.25) is 0 Å². The van der Waals surface area contributed by atoms with E-state index >= 15 is 0 Å². The van der Waals surface area contributed by atoms with Crippen molar-refractivity contribution in [2.45, 2.75) is 70.4 Å². The first-order valence-electron chi connectivity index (χ1n) is 12.2. The third-order valence-electron chi connectivity index (χ3n) is 7.59. The third kappa shape index (κ3) is 5.01. The lowest BCUT2D eigenvalue weighted by molar-refractivity contribution is -0.577. The molecular formula is C23H40O9. The smallest absolute Gasteiger partial charge is 0.201 e. The topological polar surface area (TPSA) is 94.1 Å². The van der Waals surface area contributed by atoms with Crippen LogP contribution in [-0.2, 0) is 38.2 Å². The van der Waals surface area contributed by atoms with Crippen LogP contribution < -0.4 is 0 Å². The fourth-order valence-electron chi connectivity index (χ4n) is 5.89. The van der Waals surface area contributed by atoms with Crippen LogP contribution in [0.4, 0.5) is 0 Å². The maximum Gasteiger partial charge on any atom is 0.201 e. The summed E-state index contributed by atoms with van der Waals surface area (Å²) in [4.78, 5) is 12.0. The Hall–Kier alpha value is -0.360. The number of rotatable bonds is 12. The van der Waals surface area contributed by atoms with Crippen molar-refractivity contribution in [3.63, 3.8) is 0 Å². The molecule has 5 rings (SSSR count). The minimum absolute atomic E-state index is 0.0286. The summed E-state index contributed by atoms with van der Waals surface area (Å²) in [7, 11) is 0. The van der Waals surface area contributed by atoms with E-state index in [0.29, 0.717) is 58.1 Å². The Morgan fingerprint density at radius 2 is 1.53 bits per heavy atom. The van der Waals surface area contributed by atoms with E-state index < -0.39 is 17.7 Å². The van der Waals surface area contributed by atoms with Gasteiger partial charge in [-0.1, -0.05) is 13.8 Å². The minimum Gasteiger partial charge on any atom is -0.394 e. The molecule has 1 N–H and O–H groups in total. The van der Waals surface area contributed by atoms with E-state index in [2.05, 4.69) is 13.8 Å². The Bertz CT molecular complexity index is 592. The van der Waals surface area contributed by atoms with Gasteiger partial charge in [-0.15, -0.1) is 0 Å². The Balaban J connectivity index is 1.23.